The summed E-state index contributed by atoms with van der Waals surface area (Å²) in [5, 5.41) is 17.1. The van der Waals surface area contributed by atoms with Gasteiger partial charge in [0.1, 0.15) is 16.8 Å². The van der Waals surface area contributed by atoms with E-state index in [1.807, 2.05) is 4.72 Å². The molecule has 1 rings (SSSR count). The van der Waals surface area contributed by atoms with Crippen LogP contribution in [0.15, 0.2) is 23.1 Å². The van der Waals surface area contributed by atoms with E-state index in [2.05, 4.69) is 0 Å². The van der Waals surface area contributed by atoms with E-state index in [9.17, 15) is 17.6 Å². The van der Waals surface area contributed by atoms with Crippen LogP contribution in [0.2, 0.25) is 5.02 Å². The third kappa shape index (κ3) is 4.13. The van der Waals surface area contributed by atoms with Gasteiger partial charge in [-0.2, -0.15) is 4.72 Å². The number of hydrogen-bond donors (Lipinski definition) is 3. The van der Waals surface area contributed by atoms with Gasteiger partial charge in [0.15, 0.2) is 0 Å². The van der Waals surface area contributed by atoms with Crippen molar-refractivity contribution < 1.29 is 27.8 Å². The zero-order chi connectivity index (χ0) is 14.6. The van der Waals surface area contributed by atoms with Gasteiger partial charge in [0.25, 0.3) is 0 Å². The van der Waals surface area contributed by atoms with Crippen molar-refractivity contribution >= 4 is 27.6 Å². The van der Waals surface area contributed by atoms with E-state index in [1.165, 1.54) is 0 Å². The van der Waals surface area contributed by atoms with Gasteiger partial charge in [-0.25, -0.2) is 12.8 Å². The molecule has 3 N–H and O–H groups in total. The summed E-state index contributed by atoms with van der Waals surface area (Å²) in [7, 11) is -4.21. The lowest BCUT2D eigenvalue weighted by atomic mass is 10.2. The number of carboxylic acid groups (broad SMARTS) is 1. The van der Waals surface area contributed by atoms with Gasteiger partial charge in [-0.15, -0.1) is 0 Å². The molecule has 0 aliphatic heterocycles. The molecule has 0 saturated heterocycles. The highest BCUT2D eigenvalue weighted by atomic mass is 35.5. The lowest BCUT2D eigenvalue weighted by molar-refractivity contribution is -0.139. The molecule has 0 fully saturated rings. The van der Waals surface area contributed by atoms with Gasteiger partial charge in [-0.1, -0.05) is 11.6 Å². The smallest absolute Gasteiger partial charge is 0.321 e. The maximum absolute atomic E-state index is 12.8. The number of benzene rings is 1. The first kappa shape index (κ1) is 15.8. The van der Waals surface area contributed by atoms with Crippen molar-refractivity contribution in [3.8, 4) is 0 Å². The maximum Gasteiger partial charge on any atom is 0.321 e. The Hall–Kier alpha value is -1.22. The molecule has 6 nitrogen and oxygen atoms in total. The topological polar surface area (TPSA) is 104 Å². The van der Waals surface area contributed by atoms with Crippen molar-refractivity contribution in [3.63, 3.8) is 0 Å². The number of aliphatic carboxylic acids is 1. The molecule has 0 aliphatic carbocycles. The number of carbonyl (C=O) groups is 1. The summed E-state index contributed by atoms with van der Waals surface area (Å²) in [6.07, 6.45) is -0.298. The monoisotopic (exact) mass is 311 g/mol. The Bertz CT molecular complexity index is 577. The molecule has 1 aromatic rings. The lowest BCUT2D eigenvalue weighted by Gasteiger charge is -2.14. The predicted octanol–water partition coefficient (Wildman–Crippen LogP) is 0.593. The summed E-state index contributed by atoms with van der Waals surface area (Å²) in [4.78, 5) is 10.4. The van der Waals surface area contributed by atoms with Crippen LogP contribution >= 0.6 is 11.6 Å². The van der Waals surface area contributed by atoms with E-state index in [-0.39, 0.29) is 11.4 Å². The minimum Gasteiger partial charge on any atom is -0.480 e. The van der Waals surface area contributed by atoms with Crippen molar-refractivity contribution in [2.75, 3.05) is 6.61 Å². The van der Waals surface area contributed by atoms with Crippen LogP contribution in [-0.2, 0) is 14.8 Å². The van der Waals surface area contributed by atoms with Crippen LogP contribution in [0.1, 0.15) is 6.42 Å². The van der Waals surface area contributed by atoms with Gasteiger partial charge in [-0.3, -0.25) is 4.79 Å². The van der Waals surface area contributed by atoms with Gasteiger partial charge >= 0.3 is 5.97 Å². The summed E-state index contributed by atoms with van der Waals surface area (Å²) in [6.45, 7) is -0.503. The fourth-order valence-electron chi connectivity index (χ4n) is 1.31. The van der Waals surface area contributed by atoms with E-state index in [4.69, 9.17) is 21.8 Å². The van der Waals surface area contributed by atoms with Crippen molar-refractivity contribution in [3.05, 3.63) is 29.0 Å². The predicted molar refractivity (Wildman–Crippen MR) is 64.9 cm³/mol. The number of rotatable bonds is 6. The SMILES string of the molecule is O=C(O)[C@@H](CCO)NS(=O)(=O)c1ccc(F)cc1Cl. The van der Waals surface area contributed by atoms with Gasteiger partial charge < -0.3 is 10.2 Å². The minimum atomic E-state index is -4.21. The molecule has 0 heterocycles. The second-order valence-corrected chi connectivity index (χ2v) is 5.69. The number of hydrogen-bond acceptors (Lipinski definition) is 4. The number of halogens is 2. The molecule has 1 aromatic carbocycles. The fourth-order valence-corrected chi connectivity index (χ4v) is 3.06. The number of aliphatic hydroxyl groups is 1. The number of carboxylic acids is 1. The molecule has 0 spiro atoms. The zero-order valence-corrected chi connectivity index (χ0v) is 11.1. The van der Waals surface area contributed by atoms with Gasteiger partial charge in [0.05, 0.1) is 5.02 Å². The molecule has 106 valence electrons. The molecule has 0 radical (unpaired) electrons. The molecular weight excluding hydrogens is 301 g/mol. The first-order chi connectivity index (χ1) is 8.77. The summed E-state index contributed by atoms with van der Waals surface area (Å²) in [6, 6.07) is 1.13. The molecule has 1 atom stereocenters. The third-order valence-corrected chi connectivity index (χ3v) is 4.15. The van der Waals surface area contributed by atoms with Crippen LogP contribution in [-0.4, -0.2) is 37.2 Å². The summed E-state index contributed by atoms with van der Waals surface area (Å²) in [5.74, 6) is -2.15. The average molecular weight is 312 g/mol. The fraction of sp³-hybridized carbons (Fsp3) is 0.300. The van der Waals surface area contributed by atoms with E-state index in [0.29, 0.717) is 0 Å². The Morgan fingerprint density at radius 3 is 2.58 bits per heavy atom. The first-order valence-corrected chi connectivity index (χ1v) is 6.95. The number of aliphatic hydroxyl groups excluding tert-OH is 1. The van der Waals surface area contributed by atoms with Crippen LogP contribution in [0.5, 0.6) is 0 Å². The van der Waals surface area contributed by atoms with E-state index >= 15 is 0 Å². The standard InChI is InChI=1S/C10H11ClFNO5S/c11-7-5-6(12)1-2-9(7)19(17,18)13-8(3-4-14)10(15)16/h1-2,5,8,13-14H,3-4H2,(H,15,16)/t8-/m1/s1. The molecular formula is C10H11ClFNO5S. The number of sulfonamides is 1. The minimum absolute atomic E-state index is 0.298. The highest BCUT2D eigenvalue weighted by molar-refractivity contribution is 7.89. The highest BCUT2D eigenvalue weighted by Gasteiger charge is 2.26. The Kier molecular flexibility index (Phi) is 5.24. The van der Waals surface area contributed by atoms with Crippen molar-refractivity contribution in [2.45, 2.75) is 17.4 Å². The quantitative estimate of drug-likeness (QED) is 0.713. The van der Waals surface area contributed by atoms with Crippen LogP contribution < -0.4 is 4.72 Å². The molecule has 0 saturated carbocycles. The highest BCUT2D eigenvalue weighted by Crippen LogP contribution is 2.22. The van der Waals surface area contributed by atoms with Gasteiger partial charge in [0, 0.05) is 6.61 Å². The Labute approximate surface area is 113 Å². The normalized spacial score (nSPS) is 13.2. The van der Waals surface area contributed by atoms with Gasteiger partial charge in [0.2, 0.25) is 10.0 Å². The van der Waals surface area contributed by atoms with Crippen LogP contribution in [0, 0.1) is 5.82 Å². The second kappa shape index (κ2) is 6.29. The van der Waals surface area contributed by atoms with Crippen molar-refractivity contribution in [1.29, 1.82) is 0 Å². The zero-order valence-electron chi connectivity index (χ0n) is 9.51. The molecule has 0 bridgehead atoms. The number of nitrogens with one attached hydrogen (secondary N) is 1. The first-order valence-electron chi connectivity index (χ1n) is 5.09. The molecule has 0 aliphatic rings. The van der Waals surface area contributed by atoms with Crippen molar-refractivity contribution in [1.82, 2.24) is 4.72 Å². The van der Waals surface area contributed by atoms with E-state index < -0.39 is 39.4 Å². The average Bonchev–Trinajstić information content (AvgIpc) is 2.27. The van der Waals surface area contributed by atoms with Gasteiger partial charge in [-0.05, 0) is 24.6 Å². The largest absolute Gasteiger partial charge is 0.480 e. The van der Waals surface area contributed by atoms with E-state index in [1.54, 1.807) is 0 Å². The second-order valence-electron chi connectivity index (χ2n) is 3.60. The van der Waals surface area contributed by atoms with E-state index in [0.717, 1.165) is 18.2 Å². The Morgan fingerprint density at radius 2 is 2.11 bits per heavy atom. The maximum atomic E-state index is 12.8. The molecule has 0 unspecified atom stereocenters. The van der Waals surface area contributed by atoms with Crippen molar-refractivity contribution in [2.24, 2.45) is 0 Å². The summed E-state index contributed by atoms with van der Waals surface area (Å²) >= 11 is 5.60. The summed E-state index contributed by atoms with van der Waals surface area (Å²) < 4.78 is 38.5. The summed E-state index contributed by atoms with van der Waals surface area (Å²) in [5.41, 5.74) is 0. The molecule has 9 heteroatoms. The van der Waals surface area contributed by atoms with Crippen LogP contribution in [0.25, 0.3) is 0 Å². The third-order valence-electron chi connectivity index (χ3n) is 2.20. The van der Waals surface area contributed by atoms with Crippen LogP contribution in [0.4, 0.5) is 4.39 Å². The molecule has 19 heavy (non-hydrogen) atoms. The Balaban J connectivity index is 3.06. The van der Waals surface area contributed by atoms with Crippen LogP contribution in [0.3, 0.4) is 0 Å². The molecule has 0 aromatic heterocycles. The Morgan fingerprint density at radius 1 is 1.47 bits per heavy atom. The molecule has 0 amide bonds. The lowest BCUT2D eigenvalue weighted by Crippen LogP contribution is -2.41.